The molecule has 0 saturated carbocycles. The monoisotopic (exact) mass is 389 g/mol. The summed E-state index contributed by atoms with van der Waals surface area (Å²) in [6, 6.07) is 10.9. The summed E-state index contributed by atoms with van der Waals surface area (Å²) >= 11 is 0.947. The zero-order chi connectivity index (χ0) is 16.9. The molecule has 9 heteroatoms. The van der Waals surface area contributed by atoms with Gasteiger partial charge in [0.1, 0.15) is 4.21 Å². The molecule has 0 unspecified atom stereocenters. The van der Waals surface area contributed by atoms with Crippen molar-refractivity contribution >= 4 is 39.7 Å². The van der Waals surface area contributed by atoms with Gasteiger partial charge in [0.05, 0.1) is 5.56 Å². The minimum atomic E-state index is -3.79. The topological polar surface area (TPSA) is 106 Å². The van der Waals surface area contributed by atoms with E-state index >= 15 is 0 Å². The zero-order valence-electron chi connectivity index (χ0n) is 12.9. The van der Waals surface area contributed by atoms with Crippen molar-refractivity contribution in [1.82, 2.24) is 4.90 Å². The lowest BCUT2D eigenvalue weighted by atomic mass is 10.2. The molecule has 0 saturated heterocycles. The van der Waals surface area contributed by atoms with E-state index in [2.05, 4.69) is 0 Å². The van der Waals surface area contributed by atoms with E-state index in [4.69, 9.17) is 10.9 Å². The van der Waals surface area contributed by atoms with Gasteiger partial charge in [0.15, 0.2) is 0 Å². The summed E-state index contributed by atoms with van der Waals surface area (Å²) in [7, 11) is -3.79. The standard InChI is InChI=1S/C15H19N3O3S2.ClH/c16-7-4-8-18(10-12-5-2-1-3-6-12)15(19)13-9-14(22-11-13)23(17,20)21;/h1-3,5-6,9,11H,4,7-8,10,16H2,(H2,17,20,21);1H. The Kier molecular flexibility index (Phi) is 7.85. The average Bonchev–Trinajstić information content (AvgIpc) is 3.02. The number of nitrogens with two attached hydrogens (primary N) is 2. The highest BCUT2D eigenvalue weighted by atomic mass is 35.5. The average molecular weight is 390 g/mol. The van der Waals surface area contributed by atoms with Crippen molar-refractivity contribution in [2.24, 2.45) is 10.9 Å². The molecule has 2 aromatic rings. The molecule has 1 aromatic heterocycles. The van der Waals surface area contributed by atoms with Crippen molar-refractivity contribution < 1.29 is 13.2 Å². The van der Waals surface area contributed by atoms with Crippen LogP contribution < -0.4 is 10.9 Å². The van der Waals surface area contributed by atoms with Crippen LogP contribution in [0.5, 0.6) is 0 Å². The van der Waals surface area contributed by atoms with E-state index in [1.165, 1.54) is 11.4 Å². The Morgan fingerprint density at radius 1 is 1.21 bits per heavy atom. The first-order valence-electron chi connectivity index (χ1n) is 7.06. The molecule has 1 amide bonds. The molecule has 132 valence electrons. The summed E-state index contributed by atoms with van der Waals surface area (Å²) < 4.78 is 22.7. The fourth-order valence-corrected chi connectivity index (χ4v) is 3.68. The summed E-state index contributed by atoms with van der Waals surface area (Å²) in [5, 5.41) is 6.61. The number of carbonyl (C=O) groups excluding carboxylic acids is 1. The number of amides is 1. The van der Waals surface area contributed by atoms with E-state index < -0.39 is 10.0 Å². The molecule has 0 atom stereocenters. The highest BCUT2D eigenvalue weighted by Crippen LogP contribution is 2.21. The third-order valence-corrected chi connectivity index (χ3v) is 5.62. The van der Waals surface area contributed by atoms with E-state index in [0.717, 1.165) is 16.9 Å². The van der Waals surface area contributed by atoms with Crippen LogP contribution in [0.2, 0.25) is 0 Å². The SMILES string of the molecule is Cl.NCCCN(Cc1ccccc1)C(=O)c1csc(S(N)(=O)=O)c1. The van der Waals surface area contributed by atoms with E-state index in [-0.39, 0.29) is 22.5 Å². The van der Waals surface area contributed by atoms with Crippen LogP contribution in [-0.2, 0) is 16.6 Å². The van der Waals surface area contributed by atoms with Crippen LogP contribution in [0, 0.1) is 0 Å². The highest BCUT2D eigenvalue weighted by molar-refractivity contribution is 7.91. The number of primary sulfonamides is 1. The Morgan fingerprint density at radius 2 is 1.88 bits per heavy atom. The molecule has 6 nitrogen and oxygen atoms in total. The smallest absolute Gasteiger partial charge is 0.255 e. The van der Waals surface area contributed by atoms with Crippen molar-refractivity contribution in [3.8, 4) is 0 Å². The van der Waals surface area contributed by atoms with Crippen molar-refractivity contribution in [3.05, 3.63) is 52.9 Å². The predicted octanol–water partition coefficient (Wildman–Crippen LogP) is 1.81. The van der Waals surface area contributed by atoms with Crippen LogP contribution in [-0.4, -0.2) is 32.3 Å². The molecule has 24 heavy (non-hydrogen) atoms. The van der Waals surface area contributed by atoms with Gasteiger partial charge in [0, 0.05) is 18.5 Å². The number of thiophene rings is 1. The van der Waals surface area contributed by atoms with Crippen molar-refractivity contribution in [1.29, 1.82) is 0 Å². The molecular formula is C15H20ClN3O3S2. The van der Waals surface area contributed by atoms with Gasteiger partial charge < -0.3 is 10.6 Å². The molecule has 0 aliphatic carbocycles. The molecule has 1 aromatic carbocycles. The van der Waals surface area contributed by atoms with Crippen LogP contribution in [0.1, 0.15) is 22.3 Å². The van der Waals surface area contributed by atoms with E-state index in [9.17, 15) is 13.2 Å². The zero-order valence-corrected chi connectivity index (χ0v) is 15.4. The number of nitrogens with zero attached hydrogens (tertiary/aromatic N) is 1. The molecule has 0 aliphatic heterocycles. The fourth-order valence-electron chi connectivity index (χ4n) is 2.10. The third kappa shape index (κ3) is 5.57. The number of halogens is 1. The maximum Gasteiger partial charge on any atom is 0.255 e. The van der Waals surface area contributed by atoms with Crippen molar-refractivity contribution in [2.75, 3.05) is 13.1 Å². The number of benzene rings is 1. The number of hydrogen-bond acceptors (Lipinski definition) is 5. The minimum absolute atomic E-state index is 0. The Morgan fingerprint density at radius 3 is 2.42 bits per heavy atom. The van der Waals surface area contributed by atoms with Gasteiger partial charge in [0.2, 0.25) is 10.0 Å². The van der Waals surface area contributed by atoms with Crippen LogP contribution in [0.3, 0.4) is 0 Å². The lowest BCUT2D eigenvalue weighted by Crippen LogP contribution is -2.32. The van der Waals surface area contributed by atoms with Crippen LogP contribution in [0.4, 0.5) is 0 Å². The highest BCUT2D eigenvalue weighted by Gasteiger charge is 2.20. The third-order valence-electron chi connectivity index (χ3n) is 3.24. The number of rotatable bonds is 7. The van der Waals surface area contributed by atoms with Gasteiger partial charge in [-0.05, 0) is 24.6 Å². The van der Waals surface area contributed by atoms with Gasteiger partial charge in [-0.1, -0.05) is 30.3 Å². The number of hydrogen-bond donors (Lipinski definition) is 2. The molecular weight excluding hydrogens is 370 g/mol. The molecule has 0 bridgehead atoms. The molecule has 0 spiro atoms. The van der Waals surface area contributed by atoms with E-state index in [1.54, 1.807) is 4.90 Å². The molecule has 0 radical (unpaired) electrons. The lowest BCUT2D eigenvalue weighted by Gasteiger charge is -2.22. The fraction of sp³-hybridized carbons (Fsp3) is 0.267. The maximum absolute atomic E-state index is 12.7. The summed E-state index contributed by atoms with van der Waals surface area (Å²) in [5.74, 6) is -0.228. The van der Waals surface area contributed by atoms with Crippen molar-refractivity contribution in [2.45, 2.75) is 17.2 Å². The molecule has 2 rings (SSSR count). The second kappa shape index (κ2) is 9.14. The van der Waals surface area contributed by atoms with Gasteiger partial charge in [-0.15, -0.1) is 23.7 Å². The molecule has 0 fully saturated rings. The number of sulfonamides is 1. The maximum atomic E-state index is 12.7. The van der Waals surface area contributed by atoms with Gasteiger partial charge >= 0.3 is 0 Å². The van der Waals surface area contributed by atoms with E-state index in [0.29, 0.717) is 31.6 Å². The summed E-state index contributed by atoms with van der Waals surface area (Å²) in [6.45, 7) is 1.43. The first-order chi connectivity index (χ1) is 10.9. The second-order valence-corrected chi connectivity index (χ2v) is 7.75. The van der Waals surface area contributed by atoms with Gasteiger partial charge in [0.25, 0.3) is 5.91 Å². The minimum Gasteiger partial charge on any atom is -0.334 e. The Hall–Kier alpha value is -1.45. The van der Waals surface area contributed by atoms with Gasteiger partial charge in [-0.3, -0.25) is 4.79 Å². The largest absolute Gasteiger partial charge is 0.334 e. The lowest BCUT2D eigenvalue weighted by molar-refractivity contribution is 0.0742. The Labute approximate surface area is 151 Å². The van der Waals surface area contributed by atoms with Crippen LogP contribution in [0.15, 0.2) is 46.0 Å². The van der Waals surface area contributed by atoms with Gasteiger partial charge in [-0.2, -0.15) is 0 Å². The van der Waals surface area contributed by atoms with E-state index in [1.807, 2.05) is 30.3 Å². The Bertz CT molecular complexity index is 763. The molecule has 0 aliphatic rings. The normalized spacial score (nSPS) is 10.9. The van der Waals surface area contributed by atoms with Gasteiger partial charge in [-0.25, -0.2) is 13.6 Å². The molecule has 4 N–H and O–H groups in total. The summed E-state index contributed by atoms with van der Waals surface area (Å²) in [5.41, 5.74) is 6.86. The number of carbonyl (C=O) groups is 1. The summed E-state index contributed by atoms with van der Waals surface area (Å²) in [6.07, 6.45) is 0.671. The molecule has 1 heterocycles. The predicted molar refractivity (Wildman–Crippen MR) is 97.8 cm³/mol. The quantitative estimate of drug-likeness (QED) is 0.752. The summed E-state index contributed by atoms with van der Waals surface area (Å²) in [4.78, 5) is 14.3. The first-order valence-corrected chi connectivity index (χ1v) is 9.49. The van der Waals surface area contributed by atoms with Crippen molar-refractivity contribution in [3.63, 3.8) is 0 Å². The van der Waals surface area contributed by atoms with Crippen LogP contribution in [0.25, 0.3) is 0 Å². The second-order valence-electron chi connectivity index (χ2n) is 5.05. The van der Waals surface area contributed by atoms with Crippen LogP contribution >= 0.6 is 23.7 Å². The Balaban J connectivity index is 0.00000288. The first kappa shape index (κ1) is 20.6.